The fourth-order valence-corrected chi connectivity index (χ4v) is 4.22. The highest BCUT2D eigenvalue weighted by Gasteiger charge is 2.45. The quantitative estimate of drug-likeness (QED) is 0.786. The fourth-order valence-electron chi connectivity index (χ4n) is 4.22. The minimum atomic E-state index is -0.658. The number of fused-ring (bicyclic) bond motifs is 1. The van der Waals surface area contributed by atoms with Crippen LogP contribution in [0.3, 0.4) is 0 Å². The van der Waals surface area contributed by atoms with Crippen LogP contribution in [0.4, 0.5) is 11.4 Å². The van der Waals surface area contributed by atoms with Crippen LogP contribution in [0.2, 0.25) is 0 Å². The maximum absolute atomic E-state index is 12.8. The van der Waals surface area contributed by atoms with Crippen molar-refractivity contribution in [2.75, 3.05) is 30.3 Å². The van der Waals surface area contributed by atoms with E-state index in [0.29, 0.717) is 31.8 Å². The molecule has 1 saturated heterocycles. The van der Waals surface area contributed by atoms with E-state index in [2.05, 4.69) is 30.5 Å². The SMILES string of the molecule is CC[C@@H](C)c1ccccc1OCC(=O)N1CCC2(CC1)Nc1ccccc1NC2=O. The van der Waals surface area contributed by atoms with Crippen LogP contribution in [0.5, 0.6) is 5.75 Å². The van der Waals surface area contributed by atoms with Crippen molar-refractivity contribution < 1.29 is 14.3 Å². The predicted molar refractivity (Wildman–Crippen MR) is 118 cm³/mol. The Morgan fingerprint density at radius 3 is 2.50 bits per heavy atom. The van der Waals surface area contributed by atoms with E-state index < -0.39 is 5.54 Å². The van der Waals surface area contributed by atoms with Crippen LogP contribution < -0.4 is 15.4 Å². The lowest BCUT2D eigenvalue weighted by Crippen LogP contribution is -2.59. The molecule has 2 aliphatic rings. The standard InChI is InChI=1S/C24H29N3O3/c1-3-17(2)18-8-4-7-11-21(18)30-16-22(28)27-14-12-24(13-15-27)23(29)25-19-9-5-6-10-20(19)26-24/h4-11,17,26H,3,12-16H2,1-2H3,(H,25,29)/t17-/m1/s1. The Balaban J connectivity index is 1.36. The summed E-state index contributed by atoms with van der Waals surface area (Å²) in [5.41, 5.74) is 2.21. The second-order valence-electron chi connectivity index (χ2n) is 8.22. The molecule has 0 bridgehead atoms. The first-order valence-corrected chi connectivity index (χ1v) is 10.7. The van der Waals surface area contributed by atoms with Crippen molar-refractivity contribution in [1.29, 1.82) is 0 Å². The number of carbonyl (C=O) groups is 2. The lowest BCUT2D eigenvalue weighted by Gasteiger charge is -2.44. The van der Waals surface area contributed by atoms with E-state index in [1.807, 2.05) is 42.5 Å². The van der Waals surface area contributed by atoms with Crippen LogP contribution in [0.1, 0.15) is 44.6 Å². The van der Waals surface area contributed by atoms with Crippen LogP contribution in [0.15, 0.2) is 48.5 Å². The molecule has 2 heterocycles. The molecule has 4 rings (SSSR count). The number of rotatable bonds is 5. The number of nitrogens with one attached hydrogen (secondary N) is 2. The zero-order chi connectivity index (χ0) is 21.1. The number of hydrogen-bond acceptors (Lipinski definition) is 4. The van der Waals surface area contributed by atoms with Crippen molar-refractivity contribution in [3.63, 3.8) is 0 Å². The summed E-state index contributed by atoms with van der Waals surface area (Å²) >= 11 is 0. The van der Waals surface area contributed by atoms with Crippen LogP contribution in [-0.2, 0) is 9.59 Å². The van der Waals surface area contributed by atoms with Gasteiger partial charge in [0.2, 0.25) is 5.91 Å². The number of ether oxygens (including phenoxy) is 1. The molecular formula is C24H29N3O3. The summed E-state index contributed by atoms with van der Waals surface area (Å²) in [4.78, 5) is 27.3. The smallest absolute Gasteiger partial charge is 0.260 e. The van der Waals surface area contributed by atoms with Gasteiger partial charge in [-0.25, -0.2) is 0 Å². The van der Waals surface area contributed by atoms with Gasteiger partial charge in [0, 0.05) is 13.1 Å². The van der Waals surface area contributed by atoms with E-state index in [-0.39, 0.29) is 18.4 Å². The van der Waals surface area contributed by atoms with Gasteiger partial charge in [0.1, 0.15) is 11.3 Å². The Bertz CT molecular complexity index is 935. The summed E-state index contributed by atoms with van der Waals surface area (Å²) < 4.78 is 5.89. The first kappa shape index (κ1) is 20.3. The van der Waals surface area contributed by atoms with Gasteiger partial charge in [0.05, 0.1) is 11.4 Å². The number of nitrogens with zero attached hydrogens (tertiary/aromatic N) is 1. The maximum atomic E-state index is 12.8. The highest BCUT2D eigenvalue weighted by molar-refractivity contribution is 6.06. The summed E-state index contributed by atoms with van der Waals surface area (Å²) in [6.07, 6.45) is 2.16. The van der Waals surface area contributed by atoms with Crippen molar-refractivity contribution in [1.82, 2.24) is 4.90 Å². The highest BCUT2D eigenvalue weighted by Crippen LogP contribution is 2.36. The molecule has 0 unspecified atom stereocenters. The Morgan fingerprint density at radius 2 is 1.77 bits per heavy atom. The fraction of sp³-hybridized carbons (Fsp3) is 0.417. The Hall–Kier alpha value is -3.02. The molecule has 30 heavy (non-hydrogen) atoms. The van der Waals surface area contributed by atoms with Gasteiger partial charge in [-0.05, 0) is 48.9 Å². The van der Waals surface area contributed by atoms with E-state index in [0.717, 1.165) is 29.1 Å². The molecule has 2 N–H and O–H groups in total. The van der Waals surface area contributed by atoms with Gasteiger partial charge in [-0.2, -0.15) is 0 Å². The number of para-hydroxylation sites is 3. The van der Waals surface area contributed by atoms with Crippen LogP contribution in [0, 0.1) is 0 Å². The van der Waals surface area contributed by atoms with Gasteiger partial charge in [-0.1, -0.05) is 44.2 Å². The van der Waals surface area contributed by atoms with E-state index in [9.17, 15) is 9.59 Å². The summed E-state index contributed by atoms with van der Waals surface area (Å²) in [6.45, 7) is 5.37. The summed E-state index contributed by atoms with van der Waals surface area (Å²) in [5.74, 6) is 1.09. The largest absolute Gasteiger partial charge is 0.483 e. The molecule has 0 aliphatic carbocycles. The molecule has 1 spiro atoms. The number of carbonyl (C=O) groups excluding carboxylic acids is 2. The van der Waals surface area contributed by atoms with Gasteiger partial charge in [-0.15, -0.1) is 0 Å². The van der Waals surface area contributed by atoms with Crippen molar-refractivity contribution in [2.45, 2.75) is 44.6 Å². The van der Waals surface area contributed by atoms with Crippen molar-refractivity contribution >= 4 is 23.2 Å². The van der Waals surface area contributed by atoms with Crippen LogP contribution in [-0.4, -0.2) is 41.9 Å². The average molecular weight is 408 g/mol. The van der Waals surface area contributed by atoms with Gasteiger partial charge >= 0.3 is 0 Å². The first-order valence-electron chi connectivity index (χ1n) is 10.7. The van der Waals surface area contributed by atoms with Crippen molar-refractivity contribution in [3.8, 4) is 5.75 Å². The monoisotopic (exact) mass is 407 g/mol. The molecule has 1 atom stereocenters. The molecule has 0 saturated carbocycles. The van der Waals surface area contributed by atoms with Crippen molar-refractivity contribution in [2.24, 2.45) is 0 Å². The second-order valence-corrected chi connectivity index (χ2v) is 8.22. The molecule has 2 amide bonds. The van der Waals surface area contributed by atoms with Crippen molar-refractivity contribution in [3.05, 3.63) is 54.1 Å². The zero-order valence-corrected chi connectivity index (χ0v) is 17.6. The number of anilines is 2. The molecule has 158 valence electrons. The Morgan fingerprint density at radius 1 is 1.10 bits per heavy atom. The van der Waals surface area contributed by atoms with E-state index >= 15 is 0 Å². The molecule has 1 fully saturated rings. The molecule has 2 aromatic carbocycles. The third kappa shape index (κ3) is 3.86. The molecule has 6 heteroatoms. The topological polar surface area (TPSA) is 70.7 Å². The summed E-state index contributed by atoms with van der Waals surface area (Å²) in [5, 5.41) is 6.43. The highest BCUT2D eigenvalue weighted by atomic mass is 16.5. The van der Waals surface area contributed by atoms with E-state index in [1.54, 1.807) is 4.90 Å². The lowest BCUT2D eigenvalue weighted by atomic mass is 9.84. The predicted octanol–water partition coefficient (Wildman–Crippen LogP) is 4.00. The third-order valence-electron chi connectivity index (χ3n) is 6.37. The molecule has 6 nitrogen and oxygen atoms in total. The summed E-state index contributed by atoms with van der Waals surface area (Å²) in [6, 6.07) is 15.6. The summed E-state index contributed by atoms with van der Waals surface area (Å²) in [7, 11) is 0. The minimum absolute atomic E-state index is 0.0168. The van der Waals surface area contributed by atoms with Gasteiger partial charge < -0.3 is 20.3 Å². The van der Waals surface area contributed by atoms with Gasteiger partial charge in [0.25, 0.3) is 5.91 Å². The lowest BCUT2D eigenvalue weighted by molar-refractivity contribution is -0.136. The number of hydrogen-bond donors (Lipinski definition) is 2. The molecule has 0 aromatic heterocycles. The van der Waals surface area contributed by atoms with E-state index in [4.69, 9.17) is 4.74 Å². The van der Waals surface area contributed by atoms with Crippen LogP contribution >= 0.6 is 0 Å². The number of amides is 2. The third-order valence-corrected chi connectivity index (χ3v) is 6.37. The molecule has 2 aliphatic heterocycles. The number of likely N-dealkylation sites (tertiary alicyclic amines) is 1. The number of piperidine rings is 1. The Kier molecular flexibility index (Phi) is 5.66. The second kappa shape index (κ2) is 8.38. The normalized spacial score (nSPS) is 18.2. The number of benzene rings is 2. The van der Waals surface area contributed by atoms with Gasteiger partial charge in [-0.3, -0.25) is 9.59 Å². The Labute approximate surface area is 177 Å². The average Bonchev–Trinajstić information content (AvgIpc) is 2.78. The van der Waals surface area contributed by atoms with E-state index in [1.165, 1.54) is 0 Å². The first-order chi connectivity index (χ1) is 14.5. The molecular weight excluding hydrogens is 378 g/mol. The zero-order valence-electron chi connectivity index (χ0n) is 17.6. The molecule has 0 radical (unpaired) electrons. The minimum Gasteiger partial charge on any atom is -0.483 e. The molecule has 2 aromatic rings. The van der Waals surface area contributed by atoms with Crippen LogP contribution in [0.25, 0.3) is 0 Å². The van der Waals surface area contributed by atoms with Gasteiger partial charge in [0.15, 0.2) is 6.61 Å². The maximum Gasteiger partial charge on any atom is 0.260 e.